The van der Waals surface area contributed by atoms with Gasteiger partial charge in [0.1, 0.15) is 5.75 Å². The Bertz CT molecular complexity index is 1190. The van der Waals surface area contributed by atoms with Crippen molar-refractivity contribution < 1.29 is 18.9 Å². The van der Waals surface area contributed by atoms with Crippen LogP contribution in [-0.2, 0) is 6.54 Å². The highest BCUT2D eigenvalue weighted by Crippen LogP contribution is 2.40. The molecule has 4 rings (SSSR count). The van der Waals surface area contributed by atoms with Gasteiger partial charge in [-0.25, -0.2) is 0 Å². The summed E-state index contributed by atoms with van der Waals surface area (Å²) < 4.78 is 23.7. The first-order valence-electron chi connectivity index (χ1n) is 10.7. The number of tetrazole rings is 1. The van der Waals surface area contributed by atoms with Gasteiger partial charge in [0.15, 0.2) is 17.3 Å². The average molecular weight is 462 g/mol. The lowest BCUT2D eigenvalue weighted by Gasteiger charge is -2.21. The average Bonchev–Trinajstić information content (AvgIpc) is 3.38. The topological polar surface area (TPSA) is 92.6 Å². The molecule has 0 radical (unpaired) electrons. The summed E-state index contributed by atoms with van der Waals surface area (Å²) in [7, 11) is 6.39. The van der Waals surface area contributed by atoms with Gasteiger partial charge in [0.2, 0.25) is 5.75 Å². The van der Waals surface area contributed by atoms with Crippen molar-refractivity contribution in [1.29, 1.82) is 0 Å². The number of ether oxygens (including phenoxy) is 4. The highest BCUT2D eigenvalue weighted by atomic mass is 16.5. The Morgan fingerprint density at radius 3 is 2.09 bits per heavy atom. The van der Waals surface area contributed by atoms with Crippen LogP contribution in [0.15, 0.2) is 66.7 Å². The van der Waals surface area contributed by atoms with Crippen LogP contribution in [0.3, 0.4) is 0 Å². The van der Waals surface area contributed by atoms with E-state index in [2.05, 4.69) is 33.0 Å². The fourth-order valence-corrected chi connectivity index (χ4v) is 3.72. The smallest absolute Gasteiger partial charge is 0.203 e. The molecule has 0 saturated carbocycles. The van der Waals surface area contributed by atoms with Gasteiger partial charge in [-0.3, -0.25) is 5.32 Å². The molecular formula is C25H27N5O4. The summed E-state index contributed by atoms with van der Waals surface area (Å²) in [5, 5.41) is 16.2. The molecule has 0 fully saturated rings. The van der Waals surface area contributed by atoms with Gasteiger partial charge in [-0.2, -0.15) is 4.68 Å². The highest BCUT2D eigenvalue weighted by Gasteiger charge is 2.25. The molecule has 1 atom stereocenters. The van der Waals surface area contributed by atoms with Crippen LogP contribution in [0.2, 0.25) is 0 Å². The Balaban J connectivity index is 1.79. The molecule has 0 spiro atoms. The predicted octanol–water partition coefficient (Wildman–Crippen LogP) is 3.58. The van der Waals surface area contributed by atoms with Crippen LogP contribution in [0.4, 0.5) is 0 Å². The van der Waals surface area contributed by atoms with Crippen molar-refractivity contribution >= 4 is 0 Å². The molecular weight excluding hydrogens is 434 g/mol. The predicted molar refractivity (Wildman–Crippen MR) is 127 cm³/mol. The number of nitrogens with zero attached hydrogens (tertiary/aromatic N) is 4. The molecule has 1 heterocycles. The molecule has 0 aliphatic heterocycles. The number of methoxy groups -OCH3 is 4. The molecule has 3 aromatic carbocycles. The lowest BCUT2D eigenvalue weighted by atomic mass is 10.0. The number of rotatable bonds is 10. The fourth-order valence-electron chi connectivity index (χ4n) is 3.72. The van der Waals surface area contributed by atoms with Crippen molar-refractivity contribution in [3.8, 4) is 28.7 Å². The van der Waals surface area contributed by atoms with Crippen LogP contribution in [0, 0.1) is 0 Å². The molecule has 9 nitrogen and oxygen atoms in total. The fraction of sp³-hybridized carbons (Fsp3) is 0.240. The first-order valence-corrected chi connectivity index (χ1v) is 10.7. The van der Waals surface area contributed by atoms with Crippen LogP contribution in [0.1, 0.15) is 23.0 Å². The number of hydrogen-bond donors (Lipinski definition) is 1. The van der Waals surface area contributed by atoms with Gasteiger partial charge < -0.3 is 18.9 Å². The molecule has 4 aromatic rings. The third kappa shape index (κ3) is 4.79. The maximum atomic E-state index is 5.58. The maximum Gasteiger partial charge on any atom is 0.203 e. The zero-order valence-electron chi connectivity index (χ0n) is 19.6. The van der Waals surface area contributed by atoms with Gasteiger partial charge in [-0.1, -0.05) is 30.3 Å². The summed E-state index contributed by atoms with van der Waals surface area (Å²) >= 11 is 0. The van der Waals surface area contributed by atoms with E-state index in [1.54, 1.807) is 33.1 Å². The van der Waals surface area contributed by atoms with Crippen LogP contribution in [-0.4, -0.2) is 48.6 Å². The quantitative estimate of drug-likeness (QED) is 0.383. The van der Waals surface area contributed by atoms with Crippen LogP contribution >= 0.6 is 0 Å². The second-order valence-corrected chi connectivity index (χ2v) is 7.41. The largest absolute Gasteiger partial charge is 0.497 e. The minimum atomic E-state index is -0.383. The second-order valence-electron chi connectivity index (χ2n) is 7.41. The van der Waals surface area contributed by atoms with Crippen molar-refractivity contribution in [2.24, 2.45) is 0 Å². The first kappa shape index (κ1) is 23.1. The Morgan fingerprint density at radius 2 is 1.50 bits per heavy atom. The van der Waals surface area contributed by atoms with E-state index in [0.29, 0.717) is 29.6 Å². The van der Waals surface area contributed by atoms with E-state index in [1.807, 2.05) is 54.6 Å². The first-order chi connectivity index (χ1) is 16.7. The second kappa shape index (κ2) is 10.7. The van der Waals surface area contributed by atoms with E-state index < -0.39 is 0 Å². The van der Waals surface area contributed by atoms with Crippen molar-refractivity contribution in [2.45, 2.75) is 12.6 Å². The van der Waals surface area contributed by atoms with Gasteiger partial charge in [0, 0.05) is 6.54 Å². The summed E-state index contributed by atoms with van der Waals surface area (Å²) in [6, 6.07) is 21.1. The van der Waals surface area contributed by atoms with E-state index in [1.165, 1.54) is 0 Å². The summed E-state index contributed by atoms with van der Waals surface area (Å²) in [6.07, 6.45) is 0. The standard InChI is InChI=1S/C25H27N5O4/c1-31-20-12-10-19(11-13-20)30-25(27-28-29-30)23(26-16-17-8-6-5-7-9-17)18-14-21(32-2)24(34-4)22(15-18)33-3/h5-15,23,26H,16H2,1-4H3. The minimum absolute atomic E-state index is 0.383. The number of hydrogen-bond acceptors (Lipinski definition) is 8. The van der Waals surface area contributed by atoms with Crippen LogP contribution < -0.4 is 24.3 Å². The molecule has 0 saturated heterocycles. The Hall–Kier alpha value is -4.11. The van der Waals surface area contributed by atoms with E-state index in [0.717, 1.165) is 22.6 Å². The van der Waals surface area contributed by atoms with Gasteiger partial charge in [-0.15, -0.1) is 5.10 Å². The number of benzene rings is 3. The van der Waals surface area contributed by atoms with Crippen LogP contribution in [0.5, 0.6) is 23.0 Å². The minimum Gasteiger partial charge on any atom is -0.497 e. The van der Waals surface area contributed by atoms with E-state index in [4.69, 9.17) is 18.9 Å². The summed E-state index contributed by atoms with van der Waals surface area (Å²) in [5.41, 5.74) is 2.79. The SMILES string of the molecule is COc1ccc(-n2nnnc2C(NCc2ccccc2)c2cc(OC)c(OC)c(OC)c2)cc1. The Kier molecular flexibility index (Phi) is 7.24. The molecule has 34 heavy (non-hydrogen) atoms. The number of aromatic nitrogens is 4. The third-order valence-corrected chi connectivity index (χ3v) is 5.44. The van der Waals surface area contributed by atoms with Crippen molar-refractivity contribution in [1.82, 2.24) is 25.5 Å². The van der Waals surface area contributed by atoms with Gasteiger partial charge in [-0.05, 0) is 58.0 Å². The van der Waals surface area contributed by atoms with Gasteiger partial charge in [0.25, 0.3) is 0 Å². The highest BCUT2D eigenvalue weighted by molar-refractivity contribution is 5.55. The summed E-state index contributed by atoms with van der Waals surface area (Å²) in [6.45, 7) is 0.595. The zero-order valence-corrected chi connectivity index (χ0v) is 19.6. The van der Waals surface area contributed by atoms with Gasteiger partial charge in [0.05, 0.1) is 40.2 Å². The maximum absolute atomic E-state index is 5.58. The van der Waals surface area contributed by atoms with E-state index in [9.17, 15) is 0 Å². The molecule has 0 bridgehead atoms. The lowest BCUT2D eigenvalue weighted by molar-refractivity contribution is 0.323. The molecule has 0 aliphatic rings. The summed E-state index contributed by atoms with van der Waals surface area (Å²) in [5.74, 6) is 2.97. The molecule has 0 aliphatic carbocycles. The van der Waals surface area contributed by atoms with E-state index >= 15 is 0 Å². The monoisotopic (exact) mass is 461 g/mol. The molecule has 9 heteroatoms. The normalized spacial score (nSPS) is 11.6. The molecule has 1 N–H and O–H groups in total. The van der Waals surface area contributed by atoms with Gasteiger partial charge >= 0.3 is 0 Å². The zero-order chi connectivity index (χ0) is 23.9. The summed E-state index contributed by atoms with van der Waals surface area (Å²) in [4.78, 5) is 0. The van der Waals surface area contributed by atoms with Crippen molar-refractivity contribution in [2.75, 3.05) is 28.4 Å². The Labute approximate surface area is 198 Å². The van der Waals surface area contributed by atoms with E-state index in [-0.39, 0.29) is 6.04 Å². The van der Waals surface area contributed by atoms with Crippen molar-refractivity contribution in [3.63, 3.8) is 0 Å². The lowest BCUT2D eigenvalue weighted by Crippen LogP contribution is -2.25. The molecule has 176 valence electrons. The molecule has 0 amide bonds. The number of nitrogens with one attached hydrogen (secondary N) is 1. The van der Waals surface area contributed by atoms with Crippen molar-refractivity contribution in [3.05, 3.63) is 83.7 Å². The third-order valence-electron chi connectivity index (χ3n) is 5.44. The van der Waals surface area contributed by atoms with Crippen LogP contribution in [0.25, 0.3) is 5.69 Å². The molecule has 1 unspecified atom stereocenters. The Morgan fingerprint density at radius 1 is 0.824 bits per heavy atom. The molecule has 1 aromatic heterocycles.